The molecule has 1 unspecified atom stereocenters. The standard InChI is InChI=1S/C9H12INOS/c1-2-7-13(12)11-9-6-4-3-5-8(9)10/h3-6,11H,2,7H2,1H3. The first-order valence-electron chi connectivity index (χ1n) is 4.13. The Morgan fingerprint density at radius 2 is 2.15 bits per heavy atom. The molecule has 2 nitrogen and oxygen atoms in total. The van der Waals surface area contributed by atoms with Gasteiger partial charge in [-0.3, -0.25) is 0 Å². The number of halogens is 1. The molecule has 1 aromatic carbocycles. The van der Waals surface area contributed by atoms with Crippen molar-refractivity contribution in [3.8, 4) is 0 Å². The fourth-order valence-corrected chi connectivity index (χ4v) is 2.50. The molecular weight excluding hydrogens is 297 g/mol. The highest BCUT2D eigenvalue weighted by Crippen LogP contribution is 2.17. The van der Waals surface area contributed by atoms with Crippen LogP contribution in [0.1, 0.15) is 13.3 Å². The van der Waals surface area contributed by atoms with Crippen LogP contribution in [0.2, 0.25) is 0 Å². The summed E-state index contributed by atoms with van der Waals surface area (Å²) in [6.45, 7) is 2.02. The van der Waals surface area contributed by atoms with Crippen LogP contribution < -0.4 is 4.72 Å². The van der Waals surface area contributed by atoms with E-state index in [1.807, 2.05) is 31.2 Å². The molecule has 0 aliphatic carbocycles. The molecule has 1 N–H and O–H groups in total. The van der Waals surface area contributed by atoms with Crippen LogP contribution in [0.5, 0.6) is 0 Å². The van der Waals surface area contributed by atoms with Crippen LogP contribution in [0.15, 0.2) is 24.3 Å². The predicted octanol–water partition coefficient (Wildman–Crippen LogP) is 2.78. The Morgan fingerprint density at radius 3 is 2.77 bits per heavy atom. The molecule has 4 heteroatoms. The summed E-state index contributed by atoms with van der Waals surface area (Å²) in [7, 11) is -0.936. The SMILES string of the molecule is CCCS(=O)Nc1ccccc1I. The van der Waals surface area contributed by atoms with Crippen molar-refractivity contribution in [3.05, 3.63) is 27.8 Å². The van der Waals surface area contributed by atoms with Crippen LogP contribution in [-0.4, -0.2) is 9.96 Å². The lowest BCUT2D eigenvalue weighted by Crippen LogP contribution is -2.08. The van der Waals surface area contributed by atoms with E-state index in [0.29, 0.717) is 5.75 Å². The third kappa shape index (κ3) is 3.64. The molecule has 0 fully saturated rings. The van der Waals surface area contributed by atoms with Gasteiger partial charge in [0.2, 0.25) is 0 Å². The first kappa shape index (κ1) is 11.0. The Hall–Kier alpha value is -0.100. The van der Waals surface area contributed by atoms with Crippen molar-refractivity contribution in [2.24, 2.45) is 0 Å². The van der Waals surface area contributed by atoms with Gasteiger partial charge in [0.15, 0.2) is 0 Å². The molecule has 0 bridgehead atoms. The minimum absolute atomic E-state index is 0.699. The van der Waals surface area contributed by atoms with Gasteiger partial charge in [-0.15, -0.1) is 0 Å². The topological polar surface area (TPSA) is 29.1 Å². The van der Waals surface area contributed by atoms with Crippen molar-refractivity contribution < 1.29 is 4.21 Å². The maximum Gasteiger partial charge on any atom is 0.117 e. The third-order valence-corrected chi connectivity index (χ3v) is 3.65. The molecule has 0 amide bonds. The van der Waals surface area contributed by atoms with E-state index in [0.717, 1.165) is 15.7 Å². The molecule has 1 aromatic rings. The van der Waals surface area contributed by atoms with Crippen molar-refractivity contribution in [3.63, 3.8) is 0 Å². The first-order chi connectivity index (χ1) is 6.24. The molecule has 0 saturated carbocycles. The molecule has 13 heavy (non-hydrogen) atoms. The Balaban J connectivity index is 2.63. The summed E-state index contributed by atoms with van der Waals surface area (Å²) >= 11 is 2.23. The van der Waals surface area contributed by atoms with E-state index < -0.39 is 11.0 Å². The first-order valence-corrected chi connectivity index (χ1v) is 6.53. The minimum atomic E-state index is -0.936. The van der Waals surface area contributed by atoms with Gasteiger partial charge in [0, 0.05) is 9.32 Å². The monoisotopic (exact) mass is 309 g/mol. The van der Waals surface area contributed by atoms with E-state index in [2.05, 4.69) is 27.3 Å². The normalized spacial score (nSPS) is 12.5. The van der Waals surface area contributed by atoms with Gasteiger partial charge in [0.1, 0.15) is 11.0 Å². The average molecular weight is 309 g/mol. The van der Waals surface area contributed by atoms with E-state index in [4.69, 9.17) is 0 Å². The highest BCUT2D eigenvalue weighted by atomic mass is 127. The van der Waals surface area contributed by atoms with Crippen molar-refractivity contribution in [1.82, 2.24) is 0 Å². The Kier molecular flexibility index (Phi) is 4.72. The summed E-state index contributed by atoms with van der Waals surface area (Å²) in [5.41, 5.74) is 0.954. The van der Waals surface area contributed by atoms with Crippen LogP contribution in [-0.2, 0) is 11.0 Å². The van der Waals surface area contributed by atoms with Crippen LogP contribution in [0, 0.1) is 3.57 Å². The fraction of sp³-hybridized carbons (Fsp3) is 0.333. The second-order valence-corrected chi connectivity index (χ2v) is 5.10. The summed E-state index contributed by atoms with van der Waals surface area (Å²) < 4.78 is 15.4. The van der Waals surface area contributed by atoms with Crippen LogP contribution in [0.4, 0.5) is 5.69 Å². The number of nitrogens with one attached hydrogen (secondary N) is 1. The number of benzene rings is 1. The fourth-order valence-electron chi connectivity index (χ4n) is 0.903. The van der Waals surface area contributed by atoms with Crippen molar-refractivity contribution in [2.75, 3.05) is 10.5 Å². The summed E-state index contributed by atoms with van der Waals surface area (Å²) in [5, 5.41) is 0. The van der Waals surface area contributed by atoms with E-state index in [1.54, 1.807) is 0 Å². The molecule has 0 aliphatic rings. The highest BCUT2D eigenvalue weighted by Gasteiger charge is 2.00. The molecule has 0 spiro atoms. The number of para-hydroxylation sites is 1. The summed E-state index contributed by atoms with van der Waals surface area (Å²) in [6.07, 6.45) is 0.934. The smallest absolute Gasteiger partial charge is 0.117 e. The maximum absolute atomic E-state index is 11.4. The van der Waals surface area contributed by atoms with E-state index >= 15 is 0 Å². The zero-order chi connectivity index (χ0) is 9.68. The van der Waals surface area contributed by atoms with Gasteiger partial charge in [0.25, 0.3) is 0 Å². The van der Waals surface area contributed by atoms with Gasteiger partial charge in [0.05, 0.1) is 5.69 Å². The van der Waals surface area contributed by atoms with Gasteiger partial charge < -0.3 is 4.72 Å². The van der Waals surface area contributed by atoms with Gasteiger partial charge >= 0.3 is 0 Å². The van der Waals surface area contributed by atoms with Gasteiger partial charge in [-0.2, -0.15) is 0 Å². The summed E-state index contributed by atoms with van der Waals surface area (Å²) in [5.74, 6) is 0.699. The number of hydrogen-bond donors (Lipinski definition) is 1. The molecule has 0 saturated heterocycles. The largest absolute Gasteiger partial charge is 0.304 e. The second-order valence-electron chi connectivity index (χ2n) is 2.63. The molecule has 72 valence electrons. The van der Waals surface area contributed by atoms with Crippen LogP contribution in [0.3, 0.4) is 0 Å². The molecule has 1 rings (SSSR count). The van der Waals surface area contributed by atoms with Gasteiger partial charge in [-0.05, 0) is 41.1 Å². The third-order valence-electron chi connectivity index (χ3n) is 1.49. The van der Waals surface area contributed by atoms with Crippen LogP contribution in [0.25, 0.3) is 0 Å². The predicted molar refractivity (Wildman–Crippen MR) is 66.1 cm³/mol. The van der Waals surface area contributed by atoms with Crippen molar-refractivity contribution in [2.45, 2.75) is 13.3 Å². The summed E-state index contributed by atoms with van der Waals surface area (Å²) in [6, 6.07) is 7.84. The highest BCUT2D eigenvalue weighted by molar-refractivity contribution is 14.1. The lowest BCUT2D eigenvalue weighted by molar-refractivity contribution is 0.685. The van der Waals surface area contributed by atoms with Gasteiger partial charge in [-0.1, -0.05) is 19.1 Å². The molecular formula is C9H12INOS. The van der Waals surface area contributed by atoms with Gasteiger partial charge in [-0.25, -0.2) is 4.21 Å². The number of hydrogen-bond acceptors (Lipinski definition) is 1. The zero-order valence-electron chi connectivity index (χ0n) is 7.42. The van der Waals surface area contributed by atoms with E-state index in [1.165, 1.54) is 0 Å². The quantitative estimate of drug-likeness (QED) is 0.852. The van der Waals surface area contributed by atoms with Crippen molar-refractivity contribution in [1.29, 1.82) is 0 Å². The molecule has 0 heterocycles. The summed E-state index contributed by atoms with van der Waals surface area (Å²) in [4.78, 5) is 0. The number of rotatable bonds is 4. The van der Waals surface area contributed by atoms with Crippen LogP contribution >= 0.6 is 22.6 Å². The molecule has 0 radical (unpaired) electrons. The number of anilines is 1. The second kappa shape index (κ2) is 5.59. The molecule has 1 atom stereocenters. The molecule has 0 aromatic heterocycles. The van der Waals surface area contributed by atoms with Crippen molar-refractivity contribution >= 4 is 39.3 Å². The maximum atomic E-state index is 11.4. The van der Waals surface area contributed by atoms with E-state index in [-0.39, 0.29) is 0 Å². The zero-order valence-corrected chi connectivity index (χ0v) is 10.4. The lowest BCUT2D eigenvalue weighted by atomic mass is 10.3. The lowest BCUT2D eigenvalue weighted by Gasteiger charge is -2.06. The Labute approximate surface area is 94.8 Å². The average Bonchev–Trinajstić information content (AvgIpc) is 2.09. The minimum Gasteiger partial charge on any atom is -0.304 e. The molecule has 0 aliphatic heterocycles. The Morgan fingerprint density at radius 1 is 1.46 bits per heavy atom. The Bertz CT molecular complexity index is 303. The van der Waals surface area contributed by atoms with E-state index in [9.17, 15) is 4.21 Å².